The molecule has 2 aromatic heterocycles. The van der Waals surface area contributed by atoms with Crippen molar-refractivity contribution in [1.82, 2.24) is 15.0 Å². The van der Waals surface area contributed by atoms with Crippen LogP contribution in [0.1, 0.15) is 28.7 Å². The zero-order chi connectivity index (χ0) is 26.0. The summed E-state index contributed by atoms with van der Waals surface area (Å²) in [6.45, 7) is -0.0623. The van der Waals surface area contributed by atoms with Gasteiger partial charge in [-0.15, -0.1) is 0 Å². The summed E-state index contributed by atoms with van der Waals surface area (Å²) in [4.78, 5) is 24.3. The monoisotopic (exact) mass is 507 g/mol. The van der Waals surface area contributed by atoms with Gasteiger partial charge in [-0.3, -0.25) is 9.78 Å². The maximum Gasteiger partial charge on any atom is 0.416 e. The van der Waals surface area contributed by atoms with Gasteiger partial charge >= 0.3 is 6.18 Å². The minimum absolute atomic E-state index is 0.0623. The molecule has 4 aromatic rings. The van der Waals surface area contributed by atoms with Crippen molar-refractivity contribution in [3.05, 3.63) is 89.5 Å². The lowest BCUT2D eigenvalue weighted by Gasteiger charge is -2.25. The maximum atomic E-state index is 13.3. The zero-order valence-electron chi connectivity index (χ0n) is 19.7. The number of hydrogen-bond donors (Lipinski definition) is 3. The summed E-state index contributed by atoms with van der Waals surface area (Å²) in [6.07, 6.45) is 2.10. The molecule has 190 valence electrons. The van der Waals surface area contributed by atoms with Crippen LogP contribution < -0.4 is 15.8 Å². The lowest BCUT2D eigenvalue weighted by atomic mass is 9.83. The third-order valence-corrected chi connectivity index (χ3v) is 6.34. The number of anilines is 1. The number of H-pyrrole nitrogens is 1. The number of nitrogens with zero attached hydrogens (tertiary/aromatic N) is 2. The van der Waals surface area contributed by atoms with Gasteiger partial charge in [0.05, 0.1) is 29.5 Å². The normalized spacial score (nSPS) is 15.2. The number of carbonyl (C=O) groups is 1. The Kier molecular flexibility index (Phi) is 6.66. The number of halogens is 3. The van der Waals surface area contributed by atoms with E-state index in [0.717, 1.165) is 29.0 Å². The van der Waals surface area contributed by atoms with E-state index in [0.29, 0.717) is 42.0 Å². The topological polar surface area (TPSA) is 106 Å². The third kappa shape index (κ3) is 5.64. The van der Waals surface area contributed by atoms with Crippen LogP contribution in [0.5, 0.6) is 11.5 Å². The van der Waals surface area contributed by atoms with Crippen LogP contribution in [0.4, 0.5) is 18.9 Å². The van der Waals surface area contributed by atoms with E-state index in [1.807, 2.05) is 18.2 Å². The highest BCUT2D eigenvalue weighted by atomic mass is 19.4. The summed E-state index contributed by atoms with van der Waals surface area (Å²) in [5.74, 6) is 0.515. The van der Waals surface area contributed by atoms with E-state index in [4.69, 9.17) is 10.5 Å². The highest BCUT2D eigenvalue weighted by Crippen LogP contribution is 2.34. The molecule has 37 heavy (non-hydrogen) atoms. The Balaban J connectivity index is 1.30. The molecule has 0 saturated carbocycles. The molecule has 1 amide bonds. The van der Waals surface area contributed by atoms with Gasteiger partial charge in [-0.25, -0.2) is 4.98 Å². The first-order valence-electron chi connectivity index (χ1n) is 11.7. The standard InChI is InChI=1S/C27H24F3N5O2/c28-27(29,30)20-7-16(13-31)8-21(11-20)35-26(36)18-2-1-17-3-4-22(10-19(17)9-18)37-23-5-6-33-24(12-23)25-14-32-15-34-25/h3-8,10-12,14-15,18H,1-2,9,13,31H2,(H,32,34)(H,35,36). The number of pyridine rings is 1. The maximum absolute atomic E-state index is 13.3. The molecule has 1 unspecified atom stereocenters. The molecule has 0 radical (unpaired) electrons. The number of aromatic nitrogens is 3. The van der Waals surface area contributed by atoms with E-state index in [1.165, 1.54) is 6.07 Å². The number of alkyl halides is 3. The van der Waals surface area contributed by atoms with Crippen LogP contribution in [-0.2, 0) is 30.4 Å². The van der Waals surface area contributed by atoms with Crippen molar-refractivity contribution in [3.8, 4) is 22.9 Å². The molecule has 5 rings (SSSR count). The van der Waals surface area contributed by atoms with Gasteiger partial charge in [-0.1, -0.05) is 6.07 Å². The van der Waals surface area contributed by atoms with Gasteiger partial charge in [0.15, 0.2) is 0 Å². The summed E-state index contributed by atoms with van der Waals surface area (Å²) in [5, 5.41) is 2.66. The molecule has 0 saturated heterocycles. The molecular formula is C27H24F3N5O2. The van der Waals surface area contributed by atoms with Crippen molar-refractivity contribution < 1.29 is 22.7 Å². The molecule has 4 N–H and O–H groups in total. The molecular weight excluding hydrogens is 483 g/mol. The number of amides is 1. The summed E-state index contributed by atoms with van der Waals surface area (Å²) in [7, 11) is 0. The number of carbonyl (C=O) groups excluding carboxylic acids is 1. The first-order chi connectivity index (χ1) is 17.8. The number of aromatic amines is 1. The van der Waals surface area contributed by atoms with Crippen LogP contribution in [0.3, 0.4) is 0 Å². The third-order valence-electron chi connectivity index (χ3n) is 6.34. The largest absolute Gasteiger partial charge is 0.457 e. The van der Waals surface area contributed by atoms with E-state index in [1.54, 1.807) is 30.9 Å². The van der Waals surface area contributed by atoms with E-state index in [-0.39, 0.29) is 24.1 Å². The predicted molar refractivity (Wildman–Crippen MR) is 132 cm³/mol. The molecule has 10 heteroatoms. The molecule has 0 spiro atoms. The van der Waals surface area contributed by atoms with Gasteiger partial charge in [0.25, 0.3) is 0 Å². The summed E-state index contributed by atoms with van der Waals surface area (Å²) < 4.78 is 45.8. The first-order valence-corrected chi connectivity index (χ1v) is 11.7. The SMILES string of the molecule is NCc1cc(NC(=O)C2CCc3ccc(Oc4ccnc(-c5cnc[nH]5)c4)cc3C2)cc(C(F)(F)F)c1. The summed E-state index contributed by atoms with van der Waals surface area (Å²) in [6, 6.07) is 12.7. The fourth-order valence-electron chi connectivity index (χ4n) is 4.46. The number of nitrogens with two attached hydrogens (primary N) is 1. The lowest BCUT2D eigenvalue weighted by Crippen LogP contribution is -2.28. The fourth-order valence-corrected chi connectivity index (χ4v) is 4.46. The molecule has 1 atom stereocenters. The van der Waals surface area contributed by atoms with Crippen molar-refractivity contribution in [3.63, 3.8) is 0 Å². The average Bonchev–Trinajstić information content (AvgIpc) is 3.43. The average molecular weight is 508 g/mol. The quantitative estimate of drug-likeness (QED) is 0.320. The van der Waals surface area contributed by atoms with Crippen molar-refractivity contribution in [1.29, 1.82) is 0 Å². The zero-order valence-corrected chi connectivity index (χ0v) is 19.7. The number of hydrogen-bond acceptors (Lipinski definition) is 5. The molecule has 2 heterocycles. The van der Waals surface area contributed by atoms with Gasteiger partial charge in [-0.05, 0) is 72.4 Å². The van der Waals surface area contributed by atoms with Gasteiger partial charge in [0.1, 0.15) is 11.5 Å². The van der Waals surface area contributed by atoms with Crippen molar-refractivity contribution in [2.24, 2.45) is 11.7 Å². The van der Waals surface area contributed by atoms with E-state index in [9.17, 15) is 18.0 Å². The Morgan fingerprint density at radius 1 is 1.11 bits per heavy atom. The number of benzene rings is 2. The Labute approximate surface area is 210 Å². The van der Waals surface area contributed by atoms with Gasteiger partial charge in [0, 0.05) is 30.4 Å². The Hall–Kier alpha value is -4.18. The van der Waals surface area contributed by atoms with Crippen LogP contribution in [-0.4, -0.2) is 20.9 Å². The number of imidazole rings is 1. The van der Waals surface area contributed by atoms with Crippen molar-refractivity contribution >= 4 is 11.6 Å². The molecule has 0 bridgehead atoms. The van der Waals surface area contributed by atoms with Gasteiger partial charge in [-0.2, -0.15) is 13.2 Å². The number of aryl methyl sites for hydroxylation is 1. The van der Waals surface area contributed by atoms with Crippen LogP contribution in [0.25, 0.3) is 11.4 Å². The Bertz CT molecular complexity index is 1420. The van der Waals surface area contributed by atoms with Crippen LogP contribution in [0.2, 0.25) is 0 Å². The summed E-state index contributed by atoms with van der Waals surface area (Å²) >= 11 is 0. The van der Waals surface area contributed by atoms with Crippen molar-refractivity contribution in [2.45, 2.75) is 32.0 Å². The molecule has 2 aromatic carbocycles. The smallest absolute Gasteiger partial charge is 0.416 e. The minimum atomic E-state index is -4.53. The van der Waals surface area contributed by atoms with Gasteiger partial charge < -0.3 is 20.8 Å². The molecule has 0 fully saturated rings. The highest BCUT2D eigenvalue weighted by molar-refractivity contribution is 5.93. The minimum Gasteiger partial charge on any atom is -0.457 e. The highest BCUT2D eigenvalue weighted by Gasteiger charge is 2.32. The second kappa shape index (κ2) is 10.1. The number of nitrogens with one attached hydrogen (secondary N) is 2. The molecule has 0 aliphatic heterocycles. The number of rotatable bonds is 6. The van der Waals surface area contributed by atoms with E-state index >= 15 is 0 Å². The van der Waals surface area contributed by atoms with Gasteiger partial charge in [0.2, 0.25) is 5.91 Å². The Morgan fingerprint density at radius 3 is 2.70 bits per heavy atom. The fraction of sp³-hybridized carbons (Fsp3) is 0.222. The molecule has 1 aliphatic rings. The van der Waals surface area contributed by atoms with Crippen molar-refractivity contribution in [2.75, 3.05) is 5.32 Å². The number of ether oxygens (including phenoxy) is 1. The molecule has 1 aliphatic carbocycles. The predicted octanol–water partition coefficient (Wildman–Crippen LogP) is 5.49. The number of fused-ring (bicyclic) bond motifs is 1. The second-order valence-electron chi connectivity index (χ2n) is 8.92. The lowest BCUT2D eigenvalue weighted by molar-refractivity contribution is -0.137. The Morgan fingerprint density at radius 2 is 1.95 bits per heavy atom. The van der Waals surface area contributed by atoms with Crippen LogP contribution >= 0.6 is 0 Å². The van der Waals surface area contributed by atoms with E-state index < -0.39 is 11.7 Å². The first kappa shape index (κ1) is 24.5. The second-order valence-corrected chi connectivity index (χ2v) is 8.92. The van der Waals surface area contributed by atoms with E-state index in [2.05, 4.69) is 20.3 Å². The van der Waals surface area contributed by atoms with Crippen LogP contribution in [0, 0.1) is 5.92 Å². The molecule has 7 nitrogen and oxygen atoms in total. The van der Waals surface area contributed by atoms with Crippen LogP contribution in [0.15, 0.2) is 67.3 Å². The summed E-state index contributed by atoms with van der Waals surface area (Å²) in [5.41, 5.74) is 8.66.